The average Bonchev–Trinajstić information content (AvgIpc) is 2.48. The molecule has 0 fully saturated rings. The number of halogens is 1. The van der Waals surface area contributed by atoms with E-state index in [9.17, 15) is 4.79 Å². The molecule has 1 heterocycles. The van der Waals surface area contributed by atoms with Crippen molar-refractivity contribution in [2.45, 2.75) is 18.7 Å². The highest BCUT2D eigenvalue weighted by molar-refractivity contribution is 9.10. The predicted molar refractivity (Wildman–Crippen MR) is 83.7 cm³/mol. The Kier molecular flexibility index (Phi) is 4.84. The molecule has 104 valence electrons. The second kappa shape index (κ2) is 6.61. The number of benzene rings is 1. The molecule has 1 aromatic carbocycles. The Hall–Kier alpha value is -1.75. The molecule has 1 atom stereocenters. The van der Waals surface area contributed by atoms with Crippen LogP contribution in [0.4, 0.5) is 5.69 Å². The molecule has 0 aliphatic rings. The van der Waals surface area contributed by atoms with Crippen molar-refractivity contribution in [1.82, 2.24) is 9.97 Å². The number of nitrogens with zero attached hydrogens (tertiary/aromatic N) is 2. The molecule has 0 spiro atoms. The van der Waals surface area contributed by atoms with E-state index in [1.54, 1.807) is 12.4 Å². The molecule has 0 radical (unpaired) electrons. The first-order chi connectivity index (χ1) is 9.58. The maximum atomic E-state index is 11.9. The third-order valence-electron chi connectivity index (χ3n) is 2.79. The number of carbonyl (C=O) groups excluding carboxylic acids is 1. The molecule has 0 bridgehead atoms. The highest BCUT2D eigenvalue weighted by atomic mass is 79.9. The van der Waals surface area contributed by atoms with Crippen molar-refractivity contribution in [3.8, 4) is 11.4 Å². The quantitative estimate of drug-likeness (QED) is 0.871. The number of hydrogen-bond acceptors (Lipinski definition) is 3. The van der Waals surface area contributed by atoms with Crippen molar-refractivity contribution in [3.63, 3.8) is 0 Å². The first kappa shape index (κ1) is 14.7. The SMILES string of the molecule is CC(C)C(Br)C(=O)Nc1cnc(-c2ccccc2)nc1. The highest BCUT2D eigenvalue weighted by Gasteiger charge is 2.18. The number of aromatic nitrogens is 2. The van der Waals surface area contributed by atoms with Crippen LogP contribution in [0, 0.1) is 5.92 Å². The van der Waals surface area contributed by atoms with Crippen LogP contribution < -0.4 is 5.32 Å². The fourth-order valence-electron chi connectivity index (χ4n) is 1.64. The minimum Gasteiger partial charge on any atom is -0.322 e. The zero-order valence-corrected chi connectivity index (χ0v) is 13.0. The molecule has 2 rings (SSSR count). The summed E-state index contributed by atoms with van der Waals surface area (Å²) in [5, 5.41) is 2.79. The monoisotopic (exact) mass is 333 g/mol. The number of carbonyl (C=O) groups is 1. The lowest BCUT2D eigenvalue weighted by atomic mass is 10.1. The fraction of sp³-hybridized carbons (Fsp3) is 0.267. The Labute approximate surface area is 126 Å². The molecule has 1 aromatic heterocycles. The van der Waals surface area contributed by atoms with Gasteiger partial charge in [-0.05, 0) is 5.92 Å². The first-order valence-corrected chi connectivity index (χ1v) is 7.32. The maximum Gasteiger partial charge on any atom is 0.238 e. The van der Waals surface area contributed by atoms with Crippen LogP contribution in [0.1, 0.15) is 13.8 Å². The molecular formula is C15H16BrN3O. The van der Waals surface area contributed by atoms with E-state index in [0.717, 1.165) is 5.56 Å². The summed E-state index contributed by atoms with van der Waals surface area (Å²) >= 11 is 3.36. The molecule has 20 heavy (non-hydrogen) atoms. The van der Waals surface area contributed by atoms with Crippen molar-refractivity contribution in [2.24, 2.45) is 5.92 Å². The molecule has 0 saturated heterocycles. The van der Waals surface area contributed by atoms with Crippen molar-refractivity contribution < 1.29 is 4.79 Å². The zero-order chi connectivity index (χ0) is 14.5. The minimum atomic E-state index is -0.226. The Balaban J connectivity index is 2.08. The summed E-state index contributed by atoms with van der Waals surface area (Å²) in [4.78, 5) is 20.2. The summed E-state index contributed by atoms with van der Waals surface area (Å²) in [5.41, 5.74) is 1.55. The summed E-state index contributed by atoms with van der Waals surface area (Å²) < 4.78 is 0. The zero-order valence-electron chi connectivity index (χ0n) is 11.4. The maximum absolute atomic E-state index is 11.9. The van der Waals surface area contributed by atoms with E-state index >= 15 is 0 Å². The van der Waals surface area contributed by atoms with E-state index in [1.807, 2.05) is 44.2 Å². The smallest absolute Gasteiger partial charge is 0.238 e. The fourth-order valence-corrected chi connectivity index (χ4v) is 1.76. The number of nitrogens with one attached hydrogen (secondary N) is 1. The Morgan fingerprint density at radius 3 is 2.30 bits per heavy atom. The van der Waals surface area contributed by atoms with E-state index in [1.165, 1.54) is 0 Å². The van der Waals surface area contributed by atoms with E-state index in [0.29, 0.717) is 11.5 Å². The average molecular weight is 334 g/mol. The molecule has 1 unspecified atom stereocenters. The molecule has 1 amide bonds. The van der Waals surface area contributed by atoms with Crippen LogP contribution in [0.2, 0.25) is 0 Å². The van der Waals surface area contributed by atoms with E-state index in [-0.39, 0.29) is 16.7 Å². The van der Waals surface area contributed by atoms with Crippen LogP contribution in [0.5, 0.6) is 0 Å². The number of hydrogen-bond donors (Lipinski definition) is 1. The summed E-state index contributed by atoms with van der Waals surface area (Å²) in [6.45, 7) is 3.96. The molecule has 4 nitrogen and oxygen atoms in total. The van der Waals surface area contributed by atoms with Crippen LogP contribution in [0.15, 0.2) is 42.7 Å². The molecule has 0 aliphatic heterocycles. The molecule has 0 saturated carbocycles. The van der Waals surface area contributed by atoms with Gasteiger partial charge in [0.05, 0.1) is 22.9 Å². The van der Waals surface area contributed by atoms with Gasteiger partial charge in [-0.2, -0.15) is 0 Å². The van der Waals surface area contributed by atoms with E-state index in [2.05, 4.69) is 31.2 Å². The Morgan fingerprint density at radius 2 is 1.75 bits per heavy atom. The van der Waals surface area contributed by atoms with Crippen molar-refractivity contribution in [2.75, 3.05) is 5.32 Å². The topological polar surface area (TPSA) is 54.9 Å². The van der Waals surface area contributed by atoms with Crippen molar-refractivity contribution in [3.05, 3.63) is 42.7 Å². The largest absolute Gasteiger partial charge is 0.322 e. The molecular weight excluding hydrogens is 318 g/mol. The van der Waals surface area contributed by atoms with Crippen LogP contribution in [-0.2, 0) is 4.79 Å². The van der Waals surface area contributed by atoms with E-state index in [4.69, 9.17) is 0 Å². The summed E-state index contributed by atoms with van der Waals surface area (Å²) in [6, 6.07) is 9.71. The van der Waals surface area contributed by atoms with Gasteiger partial charge in [-0.3, -0.25) is 4.79 Å². The Morgan fingerprint density at radius 1 is 1.15 bits per heavy atom. The van der Waals surface area contributed by atoms with Gasteiger partial charge in [0.15, 0.2) is 5.82 Å². The lowest BCUT2D eigenvalue weighted by Crippen LogP contribution is -2.27. The lowest BCUT2D eigenvalue weighted by Gasteiger charge is -2.13. The van der Waals surface area contributed by atoms with Gasteiger partial charge in [-0.15, -0.1) is 0 Å². The number of alkyl halides is 1. The van der Waals surface area contributed by atoms with Gasteiger partial charge < -0.3 is 5.32 Å². The van der Waals surface area contributed by atoms with Crippen LogP contribution in [0.25, 0.3) is 11.4 Å². The molecule has 5 heteroatoms. The van der Waals surface area contributed by atoms with Gasteiger partial charge in [0, 0.05) is 5.56 Å². The third-order valence-corrected chi connectivity index (χ3v) is 4.26. The second-order valence-electron chi connectivity index (χ2n) is 4.80. The molecule has 1 N–H and O–H groups in total. The number of amides is 1. The van der Waals surface area contributed by atoms with Gasteiger partial charge >= 0.3 is 0 Å². The van der Waals surface area contributed by atoms with Crippen LogP contribution >= 0.6 is 15.9 Å². The van der Waals surface area contributed by atoms with Gasteiger partial charge in [0.2, 0.25) is 5.91 Å². The molecule has 0 aliphatic carbocycles. The summed E-state index contributed by atoms with van der Waals surface area (Å²) in [5.74, 6) is 0.776. The molecule has 2 aromatic rings. The second-order valence-corrected chi connectivity index (χ2v) is 5.78. The predicted octanol–water partition coefficient (Wildman–Crippen LogP) is 3.50. The first-order valence-electron chi connectivity index (χ1n) is 6.40. The van der Waals surface area contributed by atoms with Gasteiger partial charge in [-0.25, -0.2) is 9.97 Å². The van der Waals surface area contributed by atoms with Gasteiger partial charge in [0.1, 0.15) is 0 Å². The number of rotatable bonds is 4. The highest BCUT2D eigenvalue weighted by Crippen LogP contribution is 2.17. The Bertz CT molecular complexity index is 569. The standard InChI is InChI=1S/C15H16BrN3O/c1-10(2)13(16)15(20)19-12-8-17-14(18-9-12)11-6-4-3-5-7-11/h3-10,13H,1-2H3,(H,19,20). The van der Waals surface area contributed by atoms with Gasteiger partial charge in [0.25, 0.3) is 0 Å². The van der Waals surface area contributed by atoms with Gasteiger partial charge in [-0.1, -0.05) is 60.1 Å². The number of anilines is 1. The lowest BCUT2D eigenvalue weighted by molar-refractivity contribution is -0.116. The van der Waals surface area contributed by atoms with Crippen molar-refractivity contribution >= 4 is 27.5 Å². The van der Waals surface area contributed by atoms with E-state index < -0.39 is 0 Å². The third kappa shape index (κ3) is 3.63. The van der Waals surface area contributed by atoms with Crippen molar-refractivity contribution in [1.29, 1.82) is 0 Å². The van der Waals surface area contributed by atoms with Crippen LogP contribution in [0.3, 0.4) is 0 Å². The minimum absolute atomic E-state index is 0.0870. The normalized spacial score (nSPS) is 12.2. The summed E-state index contributed by atoms with van der Waals surface area (Å²) in [7, 11) is 0. The van der Waals surface area contributed by atoms with Crippen LogP contribution in [-0.4, -0.2) is 20.7 Å². The summed E-state index contributed by atoms with van der Waals surface area (Å²) in [6.07, 6.45) is 3.24.